The highest BCUT2D eigenvalue weighted by atomic mass is 32.2. The minimum Gasteiger partial charge on any atom is -0.379 e. The average molecular weight is 599 g/mol. The zero-order chi connectivity index (χ0) is 29.0. The van der Waals surface area contributed by atoms with Crippen molar-refractivity contribution in [1.29, 1.82) is 0 Å². The Morgan fingerprint density at radius 3 is 2.46 bits per heavy atom. The number of morpholine rings is 1. The number of hydrogen-bond donors (Lipinski definition) is 2. The Kier molecular flexibility index (Phi) is 9.45. The van der Waals surface area contributed by atoms with Gasteiger partial charge >= 0.3 is 0 Å². The van der Waals surface area contributed by atoms with Crippen LogP contribution in [0.15, 0.2) is 41.3 Å². The van der Waals surface area contributed by atoms with Gasteiger partial charge in [-0.25, -0.2) is 18.1 Å². The summed E-state index contributed by atoms with van der Waals surface area (Å²) in [6, 6.07) is 11.2. The Morgan fingerprint density at radius 2 is 1.76 bits per heavy atom. The van der Waals surface area contributed by atoms with E-state index in [9.17, 15) is 13.2 Å². The van der Waals surface area contributed by atoms with E-state index in [4.69, 9.17) is 9.72 Å². The topological polar surface area (TPSA) is 101 Å². The fraction of sp³-hybridized carbons (Fsp3) is 0.548. The number of aromatic nitrogens is 1. The number of hydrogen-bond acceptors (Lipinski definition) is 7. The second-order valence-corrected chi connectivity index (χ2v) is 14.9. The summed E-state index contributed by atoms with van der Waals surface area (Å²) in [7, 11) is -3.74. The summed E-state index contributed by atoms with van der Waals surface area (Å²) in [5.74, 6) is 0.390. The monoisotopic (exact) mass is 598 g/mol. The maximum atomic E-state index is 13.4. The molecule has 41 heavy (non-hydrogen) atoms. The highest BCUT2D eigenvalue weighted by Gasteiger charge is 2.27. The summed E-state index contributed by atoms with van der Waals surface area (Å²) >= 11 is 1.41. The van der Waals surface area contributed by atoms with E-state index in [1.807, 2.05) is 51.1 Å². The van der Waals surface area contributed by atoms with Gasteiger partial charge < -0.3 is 10.1 Å². The Balaban J connectivity index is 1.48. The number of ether oxygens (including phenoxy) is 1. The van der Waals surface area contributed by atoms with E-state index in [-0.39, 0.29) is 10.8 Å². The molecule has 2 aliphatic rings. The van der Waals surface area contributed by atoms with Crippen molar-refractivity contribution in [3.63, 3.8) is 0 Å². The minimum atomic E-state index is -3.74. The van der Waals surface area contributed by atoms with Gasteiger partial charge in [0.1, 0.15) is 0 Å². The van der Waals surface area contributed by atoms with Crippen molar-refractivity contribution in [1.82, 2.24) is 19.9 Å². The molecule has 2 heterocycles. The van der Waals surface area contributed by atoms with E-state index in [2.05, 4.69) is 14.9 Å². The molecule has 0 radical (unpaired) electrons. The summed E-state index contributed by atoms with van der Waals surface area (Å²) in [6.07, 6.45) is 6.92. The lowest BCUT2D eigenvalue weighted by Crippen LogP contribution is -2.41. The van der Waals surface area contributed by atoms with Gasteiger partial charge in [0.2, 0.25) is 10.0 Å². The van der Waals surface area contributed by atoms with Crippen molar-refractivity contribution in [3.8, 4) is 10.4 Å². The number of carbonyl (C=O) groups excluding carboxylic acids is 1. The SMILES string of the molecule is CC(C)(C)NS(=O)(=O)c1ccc(-c2sc(C(=O)NCCN3CCOCC3)nc2CC2CCCCC2)c2ccccc12. The van der Waals surface area contributed by atoms with Crippen LogP contribution in [0.4, 0.5) is 0 Å². The first-order chi connectivity index (χ1) is 19.6. The number of sulfonamides is 1. The highest BCUT2D eigenvalue weighted by molar-refractivity contribution is 7.89. The number of rotatable bonds is 9. The van der Waals surface area contributed by atoms with Crippen molar-refractivity contribution < 1.29 is 17.9 Å². The molecular formula is C31H42N4O4S2. The van der Waals surface area contributed by atoms with Gasteiger partial charge in [0.05, 0.1) is 28.7 Å². The zero-order valence-corrected chi connectivity index (χ0v) is 26.0. The van der Waals surface area contributed by atoms with Crippen LogP contribution in [0.5, 0.6) is 0 Å². The van der Waals surface area contributed by atoms with E-state index in [0.717, 1.165) is 60.8 Å². The summed E-state index contributed by atoms with van der Waals surface area (Å²) in [4.78, 5) is 21.7. The predicted octanol–water partition coefficient (Wildman–Crippen LogP) is 5.22. The average Bonchev–Trinajstić information content (AvgIpc) is 3.35. The predicted molar refractivity (Wildman–Crippen MR) is 165 cm³/mol. The maximum Gasteiger partial charge on any atom is 0.280 e. The molecule has 1 aromatic heterocycles. The number of benzene rings is 2. The maximum absolute atomic E-state index is 13.4. The molecule has 222 valence electrons. The molecule has 0 spiro atoms. The van der Waals surface area contributed by atoms with Gasteiger partial charge in [-0.1, -0.05) is 62.4 Å². The molecular weight excluding hydrogens is 556 g/mol. The molecule has 8 nitrogen and oxygen atoms in total. The van der Waals surface area contributed by atoms with Crippen molar-refractivity contribution in [2.24, 2.45) is 5.92 Å². The fourth-order valence-corrected chi connectivity index (χ4v) is 8.53. The van der Waals surface area contributed by atoms with E-state index in [1.165, 1.54) is 43.4 Å². The smallest absolute Gasteiger partial charge is 0.280 e. The Hall–Kier alpha value is -2.37. The third kappa shape index (κ3) is 7.53. The van der Waals surface area contributed by atoms with Gasteiger partial charge in [-0.3, -0.25) is 9.69 Å². The zero-order valence-electron chi connectivity index (χ0n) is 24.4. The Morgan fingerprint density at radius 1 is 1.05 bits per heavy atom. The first-order valence-electron chi connectivity index (χ1n) is 14.7. The van der Waals surface area contributed by atoms with Gasteiger partial charge in [0.25, 0.3) is 5.91 Å². The van der Waals surface area contributed by atoms with Crippen LogP contribution in [0.1, 0.15) is 68.4 Å². The molecule has 1 saturated carbocycles. The largest absolute Gasteiger partial charge is 0.379 e. The van der Waals surface area contributed by atoms with Crippen LogP contribution < -0.4 is 10.0 Å². The first-order valence-corrected chi connectivity index (χ1v) is 17.0. The first kappa shape index (κ1) is 30.1. The molecule has 0 unspecified atom stereocenters. The number of nitrogens with one attached hydrogen (secondary N) is 2. The molecule has 2 N–H and O–H groups in total. The summed E-state index contributed by atoms with van der Waals surface area (Å²) < 4.78 is 34.9. The lowest BCUT2D eigenvalue weighted by atomic mass is 9.85. The third-order valence-electron chi connectivity index (χ3n) is 7.77. The van der Waals surface area contributed by atoms with Crippen LogP contribution in [0.2, 0.25) is 0 Å². The van der Waals surface area contributed by atoms with Crippen molar-refractivity contribution in [2.75, 3.05) is 39.4 Å². The van der Waals surface area contributed by atoms with Gasteiger partial charge in [-0.15, -0.1) is 11.3 Å². The number of nitrogens with zero attached hydrogens (tertiary/aromatic N) is 2. The molecule has 0 atom stereocenters. The van der Waals surface area contributed by atoms with Crippen molar-refractivity contribution >= 4 is 38.0 Å². The Bertz CT molecular complexity index is 1470. The Labute approximate surface area is 247 Å². The highest BCUT2D eigenvalue weighted by Crippen LogP contribution is 2.40. The molecule has 1 aliphatic heterocycles. The second kappa shape index (κ2) is 12.9. The van der Waals surface area contributed by atoms with Crippen LogP contribution in [-0.2, 0) is 21.2 Å². The van der Waals surface area contributed by atoms with Crippen LogP contribution >= 0.6 is 11.3 Å². The number of amides is 1. The third-order valence-corrected chi connectivity index (χ3v) is 10.7. The molecule has 1 amide bonds. The standard InChI is InChI=1S/C31H42N4O4S2/c1-31(2,3)34-41(37,38)27-14-13-25(23-11-7-8-12-24(23)27)28-26(21-22-9-5-4-6-10-22)33-30(40-28)29(36)32-15-16-35-17-19-39-20-18-35/h7-8,11-14,22,34H,4-6,9-10,15-21H2,1-3H3,(H,32,36). The van der Waals surface area contributed by atoms with Crippen LogP contribution in [-0.4, -0.2) is 69.1 Å². The van der Waals surface area contributed by atoms with E-state index < -0.39 is 15.6 Å². The van der Waals surface area contributed by atoms with E-state index in [1.54, 1.807) is 6.07 Å². The van der Waals surface area contributed by atoms with Gasteiger partial charge in [0, 0.05) is 42.7 Å². The molecule has 5 rings (SSSR count). The molecule has 0 bridgehead atoms. The van der Waals surface area contributed by atoms with Gasteiger partial charge in [-0.2, -0.15) is 0 Å². The lowest BCUT2D eigenvalue weighted by molar-refractivity contribution is 0.0383. The normalized spacial score (nSPS) is 17.6. The second-order valence-electron chi connectivity index (χ2n) is 12.2. The van der Waals surface area contributed by atoms with E-state index in [0.29, 0.717) is 22.9 Å². The molecule has 2 fully saturated rings. The van der Waals surface area contributed by atoms with Crippen molar-refractivity contribution in [3.05, 3.63) is 47.1 Å². The van der Waals surface area contributed by atoms with Gasteiger partial charge in [-0.05, 0) is 44.6 Å². The summed E-state index contributed by atoms with van der Waals surface area (Å²) in [6.45, 7) is 10.1. The van der Waals surface area contributed by atoms with Crippen LogP contribution in [0, 0.1) is 5.92 Å². The molecule has 1 saturated heterocycles. The number of thiazole rings is 1. The summed E-state index contributed by atoms with van der Waals surface area (Å²) in [5, 5.41) is 5.04. The molecule has 10 heteroatoms. The lowest BCUT2D eigenvalue weighted by Gasteiger charge is -2.26. The van der Waals surface area contributed by atoms with Crippen LogP contribution in [0.25, 0.3) is 21.2 Å². The van der Waals surface area contributed by atoms with Gasteiger partial charge in [0.15, 0.2) is 5.01 Å². The fourth-order valence-electron chi connectivity index (χ4n) is 5.85. The molecule has 2 aromatic carbocycles. The molecule has 1 aliphatic carbocycles. The number of carbonyl (C=O) groups is 1. The molecule has 3 aromatic rings. The van der Waals surface area contributed by atoms with Crippen molar-refractivity contribution in [2.45, 2.75) is 69.7 Å². The minimum absolute atomic E-state index is 0.155. The van der Waals surface area contributed by atoms with E-state index >= 15 is 0 Å². The summed E-state index contributed by atoms with van der Waals surface area (Å²) in [5.41, 5.74) is 1.26. The van der Waals surface area contributed by atoms with Crippen LogP contribution in [0.3, 0.4) is 0 Å². The number of fused-ring (bicyclic) bond motifs is 1. The quantitative estimate of drug-likeness (QED) is 0.350.